The summed E-state index contributed by atoms with van der Waals surface area (Å²) in [5.74, 6) is 0.812. The van der Waals surface area contributed by atoms with Gasteiger partial charge in [0.25, 0.3) is 5.91 Å². The fraction of sp³-hybridized carbons (Fsp3) is 0.350. The lowest BCUT2D eigenvalue weighted by atomic mass is 10.1. The molecule has 0 bridgehead atoms. The molecule has 25 heavy (non-hydrogen) atoms. The highest BCUT2D eigenvalue weighted by Crippen LogP contribution is 2.18. The van der Waals surface area contributed by atoms with Crippen LogP contribution in [0.15, 0.2) is 48.5 Å². The Bertz CT molecular complexity index is 715. The SMILES string of the molecule is COc1ccc(CNc2cccc(C(=O)N3CCCC(O)C3)c2)cc1. The van der Waals surface area contributed by atoms with E-state index < -0.39 is 6.10 Å². The number of carbonyl (C=O) groups is 1. The van der Waals surface area contributed by atoms with Crippen molar-refractivity contribution >= 4 is 11.6 Å². The molecule has 1 aliphatic rings. The maximum Gasteiger partial charge on any atom is 0.254 e. The molecule has 2 aromatic rings. The normalized spacial score (nSPS) is 17.2. The molecule has 1 amide bonds. The van der Waals surface area contributed by atoms with E-state index >= 15 is 0 Å². The van der Waals surface area contributed by atoms with Crippen molar-refractivity contribution in [2.24, 2.45) is 0 Å². The summed E-state index contributed by atoms with van der Waals surface area (Å²) in [5.41, 5.74) is 2.68. The number of rotatable bonds is 5. The fourth-order valence-electron chi connectivity index (χ4n) is 3.03. The second-order valence-electron chi connectivity index (χ2n) is 6.33. The molecular weight excluding hydrogens is 316 g/mol. The number of methoxy groups -OCH3 is 1. The third-order valence-corrected chi connectivity index (χ3v) is 4.45. The quantitative estimate of drug-likeness (QED) is 0.879. The number of hydrogen-bond acceptors (Lipinski definition) is 4. The van der Waals surface area contributed by atoms with Gasteiger partial charge in [-0.05, 0) is 48.7 Å². The summed E-state index contributed by atoms with van der Waals surface area (Å²) in [5, 5.41) is 13.1. The standard InChI is InChI=1S/C20H24N2O3/c1-25-19-9-7-15(8-10-19)13-21-17-5-2-4-16(12-17)20(24)22-11-3-6-18(23)14-22/h2,4-5,7-10,12,18,21,23H,3,6,11,13-14H2,1H3. The Morgan fingerprint density at radius 1 is 1.28 bits per heavy atom. The molecule has 1 aliphatic heterocycles. The molecule has 1 unspecified atom stereocenters. The number of likely N-dealkylation sites (tertiary alicyclic amines) is 1. The summed E-state index contributed by atoms with van der Waals surface area (Å²) in [4.78, 5) is 14.3. The van der Waals surface area contributed by atoms with Gasteiger partial charge in [-0.3, -0.25) is 4.79 Å². The van der Waals surface area contributed by atoms with E-state index in [0.717, 1.165) is 29.8 Å². The number of aliphatic hydroxyl groups is 1. The van der Waals surface area contributed by atoms with Crippen LogP contribution in [0.3, 0.4) is 0 Å². The van der Waals surface area contributed by atoms with Gasteiger partial charge in [0, 0.05) is 30.9 Å². The van der Waals surface area contributed by atoms with Crippen LogP contribution >= 0.6 is 0 Å². The van der Waals surface area contributed by atoms with Gasteiger partial charge in [0.05, 0.1) is 13.2 Å². The first-order chi connectivity index (χ1) is 12.2. The van der Waals surface area contributed by atoms with E-state index in [0.29, 0.717) is 25.2 Å². The summed E-state index contributed by atoms with van der Waals surface area (Å²) in [7, 11) is 1.65. The minimum absolute atomic E-state index is 0.0214. The van der Waals surface area contributed by atoms with E-state index in [9.17, 15) is 9.90 Å². The second-order valence-corrected chi connectivity index (χ2v) is 6.33. The van der Waals surface area contributed by atoms with Gasteiger partial charge in [0.2, 0.25) is 0 Å². The number of piperidine rings is 1. The molecule has 5 heteroatoms. The van der Waals surface area contributed by atoms with Crippen LogP contribution < -0.4 is 10.1 Å². The van der Waals surface area contributed by atoms with Gasteiger partial charge in [-0.1, -0.05) is 18.2 Å². The number of aliphatic hydroxyl groups excluding tert-OH is 1. The molecule has 2 aromatic carbocycles. The van der Waals surface area contributed by atoms with Crippen molar-refractivity contribution in [1.29, 1.82) is 0 Å². The maximum atomic E-state index is 12.6. The van der Waals surface area contributed by atoms with Crippen LogP contribution in [-0.2, 0) is 6.54 Å². The van der Waals surface area contributed by atoms with E-state index in [-0.39, 0.29) is 5.91 Å². The summed E-state index contributed by atoms with van der Waals surface area (Å²) in [6.07, 6.45) is 1.21. The summed E-state index contributed by atoms with van der Waals surface area (Å²) in [6.45, 7) is 1.80. The lowest BCUT2D eigenvalue weighted by Gasteiger charge is -2.30. The maximum absolute atomic E-state index is 12.6. The first-order valence-electron chi connectivity index (χ1n) is 8.60. The second kappa shape index (κ2) is 8.03. The van der Waals surface area contributed by atoms with Crippen LogP contribution in [0, 0.1) is 0 Å². The lowest BCUT2D eigenvalue weighted by Crippen LogP contribution is -2.42. The number of nitrogens with zero attached hydrogens (tertiary/aromatic N) is 1. The van der Waals surface area contributed by atoms with E-state index in [1.807, 2.05) is 48.5 Å². The molecule has 5 nitrogen and oxygen atoms in total. The van der Waals surface area contributed by atoms with Crippen LogP contribution in [0.5, 0.6) is 5.75 Å². The minimum atomic E-state index is -0.408. The highest BCUT2D eigenvalue weighted by molar-refractivity contribution is 5.95. The minimum Gasteiger partial charge on any atom is -0.497 e. The number of hydrogen-bond donors (Lipinski definition) is 2. The molecule has 2 N–H and O–H groups in total. The molecule has 1 saturated heterocycles. The Kier molecular flexibility index (Phi) is 5.56. The molecular formula is C20H24N2O3. The van der Waals surface area contributed by atoms with Crippen molar-refractivity contribution in [1.82, 2.24) is 4.90 Å². The highest BCUT2D eigenvalue weighted by Gasteiger charge is 2.23. The van der Waals surface area contributed by atoms with Gasteiger partial charge in [-0.15, -0.1) is 0 Å². The van der Waals surface area contributed by atoms with Gasteiger partial charge in [-0.25, -0.2) is 0 Å². The molecule has 1 heterocycles. The van der Waals surface area contributed by atoms with Crippen molar-refractivity contribution in [2.45, 2.75) is 25.5 Å². The fourth-order valence-corrected chi connectivity index (χ4v) is 3.03. The average Bonchev–Trinajstić information content (AvgIpc) is 2.66. The third-order valence-electron chi connectivity index (χ3n) is 4.45. The van der Waals surface area contributed by atoms with Crippen molar-refractivity contribution in [2.75, 3.05) is 25.5 Å². The van der Waals surface area contributed by atoms with Crippen molar-refractivity contribution in [3.8, 4) is 5.75 Å². The number of anilines is 1. The Balaban J connectivity index is 1.63. The number of β-amino-alcohol motifs (C(OH)–C–C–N with tert-alkyl or cyclic N) is 1. The zero-order valence-corrected chi connectivity index (χ0v) is 14.4. The van der Waals surface area contributed by atoms with Gasteiger partial charge < -0.3 is 20.1 Å². The summed E-state index contributed by atoms with van der Waals surface area (Å²) >= 11 is 0. The Hall–Kier alpha value is -2.53. The zero-order chi connectivity index (χ0) is 17.6. The first-order valence-corrected chi connectivity index (χ1v) is 8.60. The smallest absolute Gasteiger partial charge is 0.254 e. The Morgan fingerprint density at radius 2 is 2.08 bits per heavy atom. The van der Waals surface area contributed by atoms with Gasteiger partial charge in [-0.2, -0.15) is 0 Å². The van der Waals surface area contributed by atoms with Crippen molar-refractivity contribution in [3.63, 3.8) is 0 Å². The first kappa shape index (κ1) is 17.3. The van der Waals surface area contributed by atoms with Crippen molar-refractivity contribution in [3.05, 3.63) is 59.7 Å². The largest absolute Gasteiger partial charge is 0.497 e. The molecule has 0 saturated carbocycles. The number of amides is 1. The van der Waals surface area contributed by atoms with Crippen molar-refractivity contribution < 1.29 is 14.6 Å². The van der Waals surface area contributed by atoms with Crippen LogP contribution in [0.1, 0.15) is 28.8 Å². The molecule has 0 aliphatic carbocycles. The number of benzene rings is 2. The van der Waals surface area contributed by atoms with Crippen LogP contribution in [-0.4, -0.2) is 42.2 Å². The number of carbonyl (C=O) groups excluding carboxylic acids is 1. The summed E-state index contributed by atoms with van der Waals surface area (Å²) in [6, 6.07) is 15.4. The van der Waals surface area contributed by atoms with E-state index in [4.69, 9.17) is 4.74 Å². The predicted molar refractivity (Wildman–Crippen MR) is 97.9 cm³/mol. The average molecular weight is 340 g/mol. The summed E-state index contributed by atoms with van der Waals surface area (Å²) < 4.78 is 5.16. The molecule has 1 fully saturated rings. The predicted octanol–water partition coefficient (Wildman–Crippen LogP) is 2.90. The third kappa shape index (κ3) is 4.51. The Labute approximate surface area is 148 Å². The van der Waals surface area contributed by atoms with Crippen LogP contribution in [0.4, 0.5) is 5.69 Å². The topological polar surface area (TPSA) is 61.8 Å². The molecule has 3 rings (SSSR count). The van der Waals surface area contributed by atoms with Gasteiger partial charge in [0.15, 0.2) is 0 Å². The Morgan fingerprint density at radius 3 is 2.80 bits per heavy atom. The molecule has 0 radical (unpaired) electrons. The van der Waals surface area contributed by atoms with E-state index in [2.05, 4.69) is 5.32 Å². The molecule has 1 atom stereocenters. The molecule has 132 valence electrons. The van der Waals surface area contributed by atoms with E-state index in [1.165, 1.54) is 0 Å². The highest BCUT2D eigenvalue weighted by atomic mass is 16.5. The lowest BCUT2D eigenvalue weighted by molar-refractivity contribution is 0.0474. The zero-order valence-electron chi connectivity index (χ0n) is 14.4. The molecule has 0 aromatic heterocycles. The molecule has 0 spiro atoms. The van der Waals surface area contributed by atoms with Gasteiger partial charge >= 0.3 is 0 Å². The number of ether oxygens (including phenoxy) is 1. The van der Waals surface area contributed by atoms with Crippen LogP contribution in [0.2, 0.25) is 0 Å². The van der Waals surface area contributed by atoms with Crippen LogP contribution in [0.25, 0.3) is 0 Å². The monoisotopic (exact) mass is 340 g/mol. The van der Waals surface area contributed by atoms with E-state index in [1.54, 1.807) is 12.0 Å². The number of nitrogens with one attached hydrogen (secondary N) is 1. The van der Waals surface area contributed by atoms with Gasteiger partial charge in [0.1, 0.15) is 5.75 Å².